The fraction of sp³-hybridized carbons (Fsp3) is 0.900. The van der Waals surface area contributed by atoms with Crippen LogP contribution in [0, 0.1) is 5.92 Å². The van der Waals surface area contributed by atoms with Gasteiger partial charge in [-0.15, -0.1) is 11.6 Å². The Labute approximate surface area is 79.5 Å². The second-order valence-corrected chi connectivity index (χ2v) is 4.29. The highest BCUT2D eigenvalue weighted by Gasteiger charge is 2.25. The summed E-state index contributed by atoms with van der Waals surface area (Å²) in [6, 6.07) is 0. The van der Waals surface area contributed by atoms with Gasteiger partial charge in [0.25, 0.3) is 0 Å². The van der Waals surface area contributed by atoms with Crippen molar-refractivity contribution >= 4 is 17.4 Å². The van der Waals surface area contributed by atoms with Crippen LogP contribution in [0.3, 0.4) is 0 Å². The molecule has 0 aliphatic heterocycles. The smallest absolute Gasteiger partial charge is 0.136 e. The number of hydrogen-bond acceptors (Lipinski definition) is 1. The van der Waals surface area contributed by atoms with Gasteiger partial charge in [-0.1, -0.05) is 13.3 Å². The van der Waals surface area contributed by atoms with Crippen molar-refractivity contribution in [3.63, 3.8) is 0 Å². The quantitative estimate of drug-likeness (QED) is 0.620. The number of carbonyl (C=O) groups is 1. The molecule has 1 rings (SSSR count). The molecule has 1 nitrogen and oxygen atoms in total. The molecule has 0 aromatic rings. The van der Waals surface area contributed by atoms with Gasteiger partial charge in [0.15, 0.2) is 0 Å². The number of hydrogen-bond donors (Lipinski definition) is 0. The summed E-state index contributed by atoms with van der Waals surface area (Å²) in [5.41, 5.74) is 0. The van der Waals surface area contributed by atoms with Crippen molar-refractivity contribution in [1.29, 1.82) is 0 Å². The Bertz CT molecular complexity index is 156. The monoisotopic (exact) mass is 188 g/mol. The number of ketones is 1. The van der Waals surface area contributed by atoms with Crippen LogP contribution >= 0.6 is 11.6 Å². The first-order valence-electron chi connectivity index (χ1n) is 4.90. The molecule has 0 N–H and O–H groups in total. The highest BCUT2D eigenvalue weighted by atomic mass is 35.5. The molecule has 0 bridgehead atoms. The van der Waals surface area contributed by atoms with Gasteiger partial charge in [-0.25, -0.2) is 0 Å². The molecule has 1 fully saturated rings. The van der Waals surface area contributed by atoms with Gasteiger partial charge < -0.3 is 0 Å². The zero-order valence-corrected chi connectivity index (χ0v) is 8.44. The lowest BCUT2D eigenvalue weighted by Gasteiger charge is -2.11. The molecule has 2 unspecified atom stereocenters. The fourth-order valence-corrected chi connectivity index (χ4v) is 2.31. The average molecular weight is 189 g/mol. The first-order chi connectivity index (χ1) is 5.74. The lowest BCUT2D eigenvalue weighted by Crippen LogP contribution is -2.12. The van der Waals surface area contributed by atoms with E-state index in [9.17, 15) is 4.79 Å². The van der Waals surface area contributed by atoms with Crippen molar-refractivity contribution in [2.24, 2.45) is 5.92 Å². The normalized spacial score (nSPS) is 26.2. The van der Waals surface area contributed by atoms with Gasteiger partial charge in [-0.3, -0.25) is 4.79 Å². The SMILES string of the molecule is CCCC(Cl)CC1CCCC1=O. The van der Waals surface area contributed by atoms with E-state index >= 15 is 0 Å². The third kappa shape index (κ3) is 2.78. The standard InChI is InChI=1S/C10H17ClO/c1-2-4-9(11)7-8-5-3-6-10(8)12/h8-9H,2-7H2,1H3. The van der Waals surface area contributed by atoms with E-state index in [4.69, 9.17) is 11.6 Å². The van der Waals surface area contributed by atoms with E-state index < -0.39 is 0 Å². The van der Waals surface area contributed by atoms with Crippen LogP contribution in [-0.4, -0.2) is 11.2 Å². The van der Waals surface area contributed by atoms with E-state index in [2.05, 4.69) is 6.92 Å². The molecule has 0 saturated heterocycles. The van der Waals surface area contributed by atoms with Crippen LogP contribution in [0.15, 0.2) is 0 Å². The summed E-state index contributed by atoms with van der Waals surface area (Å²) >= 11 is 6.07. The Morgan fingerprint density at radius 1 is 1.67 bits per heavy atom. The van der Waals surface area contributed by atoms with Crippen molar-refractivity contribution < 1.29 is 4.79 Å². The van der Waals surface area contributed by atoms with Crippen molar-refractivity contribution in [2.45, 2.75) is 50.8 Å². The fourth-order valence-electron chi connectivity index (χ4n) is 1.88. The summed E-state index contributed by atoms with van der Waals surface area (Å²) in [6.07, 6.45) is 6.03. The number of carbonyl (C=O) groups excluding carboxylic acids is 1. The summed E-state index contributed by atoms with van der Waals surface area (Å²) in [7, 11) is 0. The van der Waals surface area contributed by atoms with Crippen LogP contribution in [0.25, 0.3) is 0 Å². The third-order valence-electron chi connectivity index (χ3n) is 2.57. The molecule has 1 saturated carbocycles. The van der Waals surface area contributed by atoms with E-state index in [0.29, 0.717) is 11.7 Å². The van der Waals surface area contributed by atoms with E-state index in [-0.39, 0.29) is 5.38 Å². The number of alkyl halides is 1. The van der Waals surface area contributed by atoms with Gasteiger partial charge in [0.05, 0.1) is 0 Å². The number of Topliss-reactive ketones (excluding diaryl/α,β-unsaturated/α-hetero) is 1. The van der Waals surface area contributed by atoms with E-state index in [1.807, 2.05) is 0 Å². The predicted molar refractivity (Wildman–Crippen MR) is 51.5 cm³/mol. The second kappa shape index (κ2) is 4.86. The summed E-state index contributed by atoms with van der Waals surface area (Å²) in [5.74, 6) is 0.732. The first-order valence-corrected chi connectivity index (χ1v) is 5.34. The summed E-state index contributed by atoms with van der Waals surface area (Å²) in [4.78, 5) is 11.3. The zero-order valence-electron chi connectivity index (χ0n) is 7.68. The lowest BCUT2D eigenvalue weighted by atomic mass is 9.99. The molecule has 0 spiro atoms. The second-order valence-electron chi connectivity index (χ2n) is 3.68. The van der Waals surface area contributed by atoms with Crippen LogP contribution < -0.4 is 0 Å². The van der Waals surface area contributed by atoms with Gasteiger partial charge in [0.2, 0.25) is 0 Å². The van der Waals surface area contributed by atoms with Gasteiger partial charge in [-0.2, -0.15) is 0 Å². The molecule has 2 atom stereocenters. The highest BCUT2D eigenvalue weighted by molar-refractivity contribution is 6.20. The van der Waals surface area contributed by atoms with Crippen LogP contribution in [0.2, 0.25) is 0 Å². The maximum absolute atomic E-state index is 11.3. The minimum atomic E-state index is 0.224. The van der Waals surface area contributed by atoms with Crippen LogP contribution in [-0.2, 0) is 4.79 Å². The Hall–Kier alpha value is -0.0400. The molecular formula is C10H17ClO. The van der Waals surface area contributed by atoms with Gasteiger partial charge in [-0.05, 0) is 25.7 Å². The lowest BCUT2D eigenvalue weighted by molar-refractivity contribution is -0.120. The van der Waals surface area contributed by atoms with Crippen LogP contribution in [0.1, 0.15) is 45.4 Å². The Balaban J connectivity index is 2.25. The van der Waals surface area contributed by atoms with Gasteiger partial charge in [0, 0.05) is 17.7 Å². The van der Waals surface area contributed by atoms with E-state index in [1.54, 1.807) is 0 Å². The molecule has 0 amide bonds. The average Bonchev–Trinajstić information content (AvgIpc) is 2.37. The van der Waals surface area contributed by atoms with E-state index in [0.717, 1.165) is 38.5 Å². The van der Waals surface area contributed by atoms with Crippen molar-refractivity contribution in [1.82, 2.24) is 0 Å². The molecule has 0 radical (unpaired) electrons. The molecule has 12 heavy (non-hydrogen) atoms. The number of halogens is 1. The predicted octanol–water partition coefficient (Wildman–Crippen LogP) is 3.15. The Kier molecular flexibility index (Phi) is 4.07. The maximum Gasteiger partial charge on any atom is 0.136 e. The summed E-state index contributed by atoms with van der Waals surface area (Å²) < 4.78 is 0. The van der Waals surface area contributed by atoms with Crippen molar-refractivity contribution in [2.75, 3.05) is 0 Å². The minimum Gasteiger partial charge on any atom is -0.299 e. The highest BCUT2D eigenvalue weighted by Crippen LogP contribution is 2.28. The minimum absolute atomic E-state index is 0.224. The summed E-state index contributed by atoms with van der Waals surface area (Å²) in [5, 5.41) is 0.224. The van der Waals surface area contributed by atoms with Crippen LogP contribution in [0.4, 0.5) is 0 Å². The molecule has 70 valence electrons. The first kappa shape index (κ1) is 10.0. The zero-order chi connectivity index (χ0) is 8.97. The molecule has 1 aliphatic carbocycles. The molecular weight excluding hydrogens is 172 g/mol. The summed E-state index contributed by atoms with van der Waals surface area (Å²) in [6.45, 7) is 2.13. The van der Waals surface area contributed by atoms with Gasteiger partial charge >= 0.3 is 0 Å². The molecule has 0 aromatic carbocycles. The third-order valence-corrected chi connectivity index (χ3v) is 2.97. The van der Waals surface area contributed by atoms with Crippen LogP contribution in [0.5, 0.6) is 0 Å². The molecule has 2 heteroatoms. The largest absolute Gasteiger partial charge is 0.299 e. The Morgan fingerprint density at radius 2 is 2.42 bits per heavy atom. The van der Waals surface area contributed by atoms with Gasteiger partial charge in [0.1, 0.15) is 5.78 Å². The maximum atomic E-state index is 11.3. The number of rotatable bonds is 4. The Morgan fingerprint density at radius 3 is 2.92 bits per heavy atom. The molecule has 0 aromatic heterocycles. The molecule has 0 heterocycles. The molecule has 1 aliphatic rings. The van der Waals surface area contributed by atoms with Crippen molar-refractivity contribution in [3.05, 3.63) is 0 Å². The topological polar surface area (TPSA) is 17.1 Å². The van der Waals surface area contributed by atoms with Crippen molar-refractivity contribution in [3.8, 4) is 0 Å². The van der Waals surface area contributed by atoms with E-state index in [1.165, 1.54) is 0 Å².